The fourth-order valence-electron chi connectivity index (χ4n) is 5.53. The number of likely N-dealkylation sites (tertiary alicyclic amines) is 1. The van der Waals surface area contributed by atoms with Crippen molar-refractivity contribution in [2.45, 2.75) is 18.9 Å². The van der Waals surface area contributed by atoms with Crippen molar-refractivity contribution in [1.82, 2.24) is 14.7 Å². The first-order valence-electron chi connectivity index (χ1n) is 13.3. The Balaban J connectivity index is 1.14. The summed E-state index contributed by atoms with van der Waals surface area (Å²) in [5, 5.41) is 0. The highest BCUT2D eigenvalue weighted by atomic mass is 16.2. The van der Waals surface area contributed by atoms with Crippen LogP contribution in [0.4, 0.5) is 0 Å². The Kier molecular flexibility index (Phi) is 8.11. The third-order valence-corrected chi connectivity index (χ3v) is 7.60. The molecule has 5 rings (SSSR count). The first kappa shape index (κ1) is 25.0. The van der Waals surface area contributed by atoms with Gasteiger partial charge in [0.2, 0.25) is 11.8 Å². The molecule has 0 saturated carbocycles. The van der Waals surface area contributed by atoms with E-state index in [0.29, 0.717) is 13.1 Å². The van der Waals surface area contributed by atoms with Crippen LogP contribution in [-0.4, -0.2) is 65.8 Å². The molecule has 5 heteroatoms. The standard InChI is InChI=1S/C32H35N3O2/c36-30(17-16-26-10-4-1-5-11-26)33-20-18-29(19-21-33)32(37)35-24-22-34(23-25-35)31(27-12-6-2-7-13-27)28-14-8-3-9-15-28/h1-17,29,31H,18-25H2/b17-16+. The summed E-state index contributed by atoms with van der Waals surface area (Å²) in [6.07, 6.45) is 4.98. The van der Waals surface area contributed by atoms with Crippen LogP contribution in [0, 0.1) is 5.92 Å². The second-order valence-electron chi connectivity index (χ2n) is 9.93. The smallest absolute Gasteiger partial charge is 0.246 e. The molecule has 2 fully saturated rings. The predicted molar refractivity (Wildman–Crippen MR) is 148 cm³/mol. The van der Waals surface area contributed by atoms with Gasteiger partial charge in [0.15, 0.2) is 0 Å². The van der Waals surface area contributed by atoms with Crippen molar-refractivity contribution < 1.29 is 9.59 Å². The molecule has 2 saturated heterocycles. The molecule has 3 aromatic rings. The molecule has 2 amide bonds. The number of carbonyl (C=O) groups is 2. The van der Waals surface area contributed by atoms with Crippen LogP contribution in [0.5, 0.6) is 0 Å². The van der Waals surface area contributed by atoms with Crippen molar-refractivity contribution in [3.05, 3.63) is 114 Å². The van der Waals surface area contributed by atoms with Gasteiger partial charge in [-0.05, 0) is 35.6 Å². The van der Waals surface area contributed by atoms with Crippen LogP contribution in [0.15, 0.2) is 97.1 Å². The zero-order valence-corrected chi connectivity index (χ0v) is 21.3. The molecule has 0 spiro atoms. The lowest BCUT2D eigenvalue weighted by molar-refractivity contribution is -0.141. The summed E-state index contributed by atoms with van der Waals surface area (Å²) in [5.74, 6) is 0.284. The maximum atomic E-state index is 13.3. The largest absolute Gasteiger partial charge is 0.340 e. The van der Waals surface area contributed by atoms with Crippen LogP contribution < -0.4 is 0 Å². The molecule has 0 atom stereocenters. The van der Waals surface area contributed by atoms with Gasteiger partial charge in [0, 0.05) is 51.3 Å². The summed E-state index contributed by atoms with van der Waals surface area (Å²) in [5.41, 5.74) is 3.58. The fraction of sp³-hybridized carbons (Fsp3) is 0.312. The van der Waals surface area contributed by atoms with E-state index in [4.69, 9.17) is 0 Å². The number of nitrogens with zero attached hydrogens (tertiary/aromatic N) is 3. The summed E-state index contributed by atoms with van der Waals surface area (Å²) in [4.78, 5) is 32.4. The average molecular weight is 494 g/mol. The van der Waals surface area contributed by atoms with Gasteiger partial charge >= 0.3 is 0 Å². The van der Waals surface area contributed by atoms with E-state index in [9.17, 15) is 9.59 Å². The van der Waals surface area contributed by atoms with Crippen molar-refractivity contribution in [3.63, 3.8) is 0 Å². The van der Waals surface area contributed by atoms with Crippen LogP contribution in [0.2, 0.25) is 0 Å². The lowest BCUT2D eigenvalue weighted by Crippen LogP contribution is -2.52. The van der Waals surface area contributed by atoms with Crippen LogP contribution in [0.3, 0.4) is 0 Å². The summed E-state index contributed by atoms with van der Waals surface area (Å²) >= 11 is 0. The van der Waals surface area contributed by atoms with Crippen molar-refractivity contribution >= 4 is 17.9 Å². The zero-order chi connectivity index (χ0) is 25.5. The van der Waals surface area contributed by atoms with E-state index in [0.717, 1.165) is 44.6 Å². The van der Waals surface area contributed by atoms with Gasteiger partial charge in [-0.25, -0.2) is 0 Å². The van der Waals surface area contributed by atoms with Crippen molar-refractivity contribution in [1.29, 1.82) is 0 Å². The number of piperazine rings is 1. The number of amides is 2. The Morgan fingerprint density at radius 1 is 0.649 bits per heavy atom. The first-order chi connectivity index (χ1) is 18.2. The van der Waals surface area contributed by atoms with Gasteiger partial charge in [-0.3, -0.25) is 14.5 Å². The van der Waals surface area contributed by atoms with Crippen LogP contribution in [0.25, 0.3) is 6.08 Å². The summed E-state index contributed by atoms with van der Waals surface area (Å²) in [6, 6.07) is 31.3. The molecule has 0 bridgehead atoms. The minimum absolute atomic E-state index is 0.00717. The highest BCUT2D eigenvalue weighted by Crippen LogP contribution is 2.30. The predicted octanol–water partition coefficient (Wildman–Crippen LogP) is 4.87. The molecule has 190 valence electrons. The summed E-state index contributed by atoms with van der Waals surface area (Å²) < 4.78 is 0. The summed E-state index contributed by atoms with van der Waals surface area (Å²) in [6.45, 7) is 4.46. The second-order valence-corrected chi connectivity index (χ2v) is 9.93. The molecule has 2 aliphatic rings. The van der Waals surface area contributed by atoms with E-state index >= 15 is 0 Å². The molecule has 0 radical (unpaired) electrons. The van der Waals surface area contributed by atoms with E-state index in [-0.39, 0.29) is 23.8 Å². The Bertz CT molecular complexity index is 1140. The van der Waals surface area contributed by atoms with E-state index in [1.54, 1.807) is 6.08 Å². The monoisotopic (exact) mass is 493 g/mol. The number of rotatable bonds is 6. The highest BCUT2D eigenvalue weighted by Gasteiger charge is 2.33. The van der Waals surface area contributed by atoms with Gasteiger partial charge < -0.3 is 9.80 Å². The highest BCUT2D eigenvalue weighted by molar-refractivity contribution is 5.92. The zero-order valence-electron chi connectivity index (χ0n) is 21.3. The first-order valence-corrected chi connectivity index (χ1v) is 13.3. The van der Waals surface area contributed by atoms with Crippen molar-refractivity contribution in [2.24, 2.45) is 5.92 Å². The van der Waals surface area contributed by atoms with Gasteiger partial charge in [0.05, 0.1) is 6.04 Å². The van der Waals surface area contributed by atoms with E-state index in [1.807, 2.05) is 46.2 Å². The topological polar surface area (TPSA) is 43.9 Å². The number of hydrogen-bond acceptors (Lipinski definition) is 3. The molecule has 0 N–H and O–H groups in total. The van der Waals surface area contributed by atoms with Crippen LogP contribution >= 0.6 is 0 Å². The molecule has 0 aromatic heterocycles. The SMILES string of the molecule is O=C(/C=C/c1ccccc1)N1CCC(C(=O)N2CCN(C(c3ccccc3)c3ccccc3)CC2)CC1. The Morgan fingerprint density at radius 2 is 1.16 bits per heavy atom. The molecular formula is C32H35N3O2. The summed E-state index contributed by atoms with van der Waals surface area (Å²) in [7, 11) is 0. The van der Waals surface area contributed by atoms with Gasteiger partial charge in [-0.1, -0.05) is 91.0 Å². The average Bonchev–Trinajstić information content (AvgIpc) is 2.98. The Hall–Kier alpha value is -3.70. The number of piperidine rings is 1. The van der Waals surface area contributed by atoms with Crippen molar-refractivity contribution in [2.75, 3.05) is 39.3 Å². The molecule has 0 unspecified atom stereocenters. The second kappa shape index (κ2) is 12.0. The molecule has 2 aliphatic heterocycles. The Labute approximate surface area is 220 Å². The number of benzene rings is 3. The van der Waals surface area contributed by atoms with Crippen LogP contribution in [-0.2, 0) is 9.59 Å². The minimum atomic E-state index is 0.00717. The maximum absolute atomic E-state index is 13.3. The van der Waals surface area contributed by atoms with Gasteiger partial charge in [-0.15, -0.1) is 0 Å². The Morgan fingerprint density at radius 3 is 1.70 bits per heavy atom. The lowest BCUT2D eigenvalue weighted by Gasteiger charge is -2.41. The quantitative estimate of drug-likeness (QED) is 0.460. The number of hydrogen-bond donors (Lipinski definition) is 0. The molecule has 3 aromatic carbocycles. The molecule has 2 heterocycles. The van der Waals surface area contributed by atoms with Crippen molar-refractivity contribution in [3.8, 4) is 0 Å². The normalized spacial score (nSPS) is 17.4. The third-order valence-electron chi connectivity index (χ3n) is 7.60. The molecule has 5 nitrogen and oxygen atoms in total. The third kappa shape index (κ3) is 6.17. The molecule has 37 heavy (non-hydrogen) atoms. The maximum Gasteiger partial charge on any atom is 0.246 e. The van der Waals surface area contributed by atoms with Gasteiger partial charge in [0.1, 0.15) is 0 Å². The molecule has 0 aliphatic carbocycles. The van der Waals surface area contributed by atoms with Gasteiger partial charge in [0.25, 0.3) is 0 Å². The van der Waals surface area contributed by atoms with E-state index in [2.05, 4.69) is 65.6 Å². The van der Waals surface area contributed by atoms with Crippen LogP contribution in [0.1, 0.15) is 35.6 Å². The van der Waals surface area contributed by atoms with Gasteiger partial charge in [-0.2, -0.15) is 0 Å². The van der Waals surface area contributed by atoms with E-state index in [1.165, 1.54) is 11.1 Å². The van der Waals surface area contributed by atoms with E-state index < -0.39 is 0 Å². The lowest BCUT2D eigenvalue weighted by atomic mass is 9.94. The minimum Gasteiger partial charge on any atom is -0.340 e. The fourth-order valence-corrected chi connectivity index (χ4v) is 5.53. The number of carbonyl (C=O) groups excluding carboxylic acids is 2. The molecular weight excluding hydrogens is 458 g/mol.